The molecule has 1 aromatic rings. The van der Waals surface area contributed by atoms with Crippen LogP contribution in [0.2, 0.25) is 0 Å². The average Bonchev–Trinajstić information content (AvgIpc) is 2.81. The van der Waals surface area contributed by atoms with Crippen molar-refractivity contribution in [2.24, 2.45) is 0 Å². The number of carbonyl (C=O) groups excluding carboxylic acids is 1. The highest BCUT2D eigenvalue weighted by Gasteiger charge is 2.36. The fourth-order valence-electron chi connectivity index (χ4n) is 3.42. The Balaban J connectivity index is 1.85. The molecule has 0 radical (unpaired) electrons. The lowest BCUT2D eigenvalue weighted by Gasteiger charge is -2.43. The molecule has 1 N–H and O–H groups in total. The normalized spacial score (nSPS) is 26.3. The fourth-order valence-corrected chi connectivity index (χ4v) is 3.42. The third-order valence-corrected chi connectivity index (χ3v) is 4.52. The van der Waals surface area contributed by atoms with Crippen molar-refractivity contribution >= 4 is 5.91 Å². The largest absolute Gasteiger partial charge is 0.369 e. The lowest BCUT2D eigenvalue weighted by molar-refractivity contribution is -0.00710. The van der Waals surface area contributed by atoms with E-state index in [0.29, 0.717) is 11.7 Å². The number of amides is 1. The van der Waals surface area contributed by atoms with Crippen LogP contribution in [0.5, 0.6) is 0 Å². The predicted octanol–water partition coefficient (Wildman–Crippen LogP) is 1.21. The molecular weight excluding hydrogens is 268 g/mol. The van der Waals surface area contributed by atoms with Crippen LogP contribution >= 0.6 is 0 Å². The second-order valence-electron chi connectivity index (χ2n) is 6.22. The number of aromatic nitrogens is 2. The van der Waals surface area contributed by atoms with Gasteiger partial charge in [0.15, 0.2) is 5.69 Å². The summed E-state index contributed by atoms with van der Waals surface area (Å²) in [7, 11) is 2.08. The highest BCUT2D eigenvalue weighted by molar-refractivity contribution is 5.94. The summed E-state index contributed by atoms with van der Waals surface area (Å²) >= 11 is 0. The quantitative estimate of drug-likeness (QED) is 0.909. The third kappa shape index (κ3) is 2.46. The lowest BCUT2D eigenvalue weighted by Crippen LogP contribution is -2.59. The van der Waals surface area contributed by atoms with Crippen LogP contribution in [0.1, 0.15) is 48.6 Å². The molecule has 2 aliphatic heterocycles. The van der Waals surface area contributed by atoms with E-state index in [1.807, 2.05) is 25.7 Å². The molecular formula is C15H24N4O2. The number of likely N-dealkylation sites (tertiary alicyclic amines) is 1. The Morgan fingerprint density at radius 1 is 1.48 bits per heavy atom. The van der Waals surface area contributed by atoms with Crippen LogP contribution in [-0.2, 0) is 11.2 Å². The van der Waals surface area contributed by atoms with E-state index < -0.39 is 0 Å². The summed E-state index contributed by atoms with van der Waals surface area (Å²) in [6, 6.07) is 0.314. The summed E-state index contributed by atoms with van der Waals surface area (Å²) in [4.78, 5) is 17.0. The first-order valence-electron chi connectivity index (χ1n) is 7.73. The fraction of sp³-hybridized carbons (Fsp3) is 0.733. The summed E-state index contributed by atoms with van der Waals surface area (Å²) in [5, 5.41) is 7.31. The first kappa shape index (κ1) is 14.5. The number of carbonyl (C=O) groups is 1. The molecule has 21 heavy (non-hydrogen) atoms. The Morgan fingerprint density at radius 3 is 2.81 bits per heavy atom. The van der Waals surface area contributed by atoms with Crippen molar-refractivity contribution in [3.05, 3.63) is 17.0 Å². The molecule has 6 nitrogen and oxygen atoms in total. The van der Waals surface area contributed by atoms with Gasteiger partial charge in [0.2, 0.25) is 0 Å². The molecule has 0 aromatic carbocycles. The van der Waals surface area contributed by atoms with Gasteiger partial charge in [-0.15, -0.1) is 0 Å². The van der Waals surface area contributed by atoms with Crippen molar-refractivity contribution in [2.75, 3.05) is 26.7 Å². The minimum absolute atomic E-state index is 0.0253. The van der Waals surface area contributed by atoms with Crippen LogP contribution in [0.4, 0.5) is 0 Å². The maximum absolute atomic E-state index is 12.8. The van der Waals surface area contributed by atoms with Gasteiger partial charge in [0.1, 0.15) is 0 Å². The summed E-state index contributed by atoms with van der Waals surface area (Å²) in [5.74, 6) is 0.0504. The predicted molar refractivity (Wildman–Crippen MR) is 79.2 cm³/mol. The van der Waals surface area contributed by atoms with Crippen LogP contribution in [0.25, 0.3) is 0 Å². The molecule has 0 unspecified atom stereocenters. The number of ether oxygens (including phenoxy) is 1. The summed E-state index contributed by atoms with van der Waals surface area (Å²) < 4.78 is 5.78. The molecule has 1 saturated heterocycles. The van der Waals surface area contributed by atoms with E-state index in [2.05, 4.69) is 22.1 Å². The number of nitrogens with one attached hydrogen (secondary N) is 1. The highest BCUT2D eigenvalue weighted by Crippen LogP contribution is 2.31. The van der Waals surface area contributed by atoms with Crippen LogP contribution < -0.4 is 0 Å². The van der Waals surface area contributed by atoms with Crippen LogP contribution in [0, 0.1) is 0 Å². The molecule has 1 aromatic heterocycles. The third-order valence-electron chi connectivity index (χ3n) is 4.52. The van der Waals surface area contributed by atoms with Gasteiger partial charge in [-0.2, -0.15) is 5.10 Å². The topological polar surface area (TPSA) is 61.5 Å². The van der Waals surface area contributed by atoms with E-state index in [1.165, 1.54) is 0 Å². The summed E-state index contributed by atoms with van der Waals surface area (Å²) in [6.45, 7) is 8.69. The van der Waals surface area contributed by atoms with Gasteiger partial charge in [0, 0.05) is 31.6 Å². The van der Waals surface area contributed by atoms with E-state index in [1.54, 1.807) is 0 Å². The van der Waals surface area contributed by atoms with Crippen molar-refractivity contribution in [2.45, 2.75) is 45.4 Å². The minimum atomic E-state index is -0.0253. The zero-order chi connectivity index (χ0) is 15.1. The maximum Gasteiger partial charge on any atom is 0.274 e. The van der Waals surface area contributed by atoms with Gasteiger partial charge in [0.05, 0.1) is 23.9 Å². The highest BCUT2D eigenvalue weighted by atomic mass is 16.5. The van der Waals surface area contributed by atoms with E-state index >= 15 is 0 Å². The van der Waals surface area contributed by atoms with Gasteiger partial charge in [-0.25, -0.2) is 0 Å². The number of hydrogen-bond acceptors (Lipinski definition) is 4. The summed E-state index contributed by atoms with van der Waals surface area (Å²) in [5.41, 5.74) is 2.58. The van der Waals surface area contributed by atoms with E-state index in [9.17, 15) is 4.79 Å². The molecule has 1 fully saturated rings. The zero-order valence-electron chi connectivity index (χ0n) is 13.2. The Bertz CT molecular complexity index is 536. The van der Waals surface area contributed by atoms with Gasteiger partial charge in [-0.05, 0) is 27.8 Å². The van der Waals surface area contributed by atoms with Crippen molar-refractivity contribution in [3.8, 4) is 0 Å². The van der Waals surface area contributed by atoms with Crippen molar-refractivity contribution in [3.63, 3.8) is 0 Å². The smallest absolute Gasteiger partial charge is 0.274 e. The summed E-state index contributed by atoms with van der Waals surface area (Å²) in [6.07, 6.45) is 0.851. The van der Waals surface area contributed by atoms with Crippen molar-refractivity contribution in [1.29, 1.82) is 0 Å². The Kier molecular flexibility index (Phi) is 3.75. The van der Waals surface area contributed by atoms with Gasteiger partial charge in [-0.1, -0.05) is 0 Å². The van der Waals surface area contributed by atoms with Crippen molar-refractivity contribution in [1.82, 2.24) is 20.0 Å². The van der Waals surface area contributed by atoms with Crippen LogP contribution in [0.3, 0.4) is 0 Å². The molecule has 0 aliphatic carbocycles. The van der Waals surface area contributed by atoms with Crippen LogP contribution in [0.15, 0.2) is 0 Å². The monoisotopic (exact) mass is 292 g/mol. The van der Waals surface area contributed by atoms with Crippen LogP contribution in [-0.4, -0.2) is 64.7 Å². The molecule has 0 saturated carbocycles. The number of nitrogens with zero attached hydrogens (tertiary/aromatic N) is 3. The number of aromatic amines is 1. The molecule has 116 valence electrons. The Labute approximate surface area is 125 Å². The molecule has 3 rings (SSSR count). The van der Waals surface area contributed by atoms with E-state index in [-0.39, 0.29) is 18.1 Å². The average molecular weight is 292 g/mol. The number of hydrogen-bond donors (Lipinski definition) is 1. The second kappa shape index (κ2) is 5.42. The molecule has 0 spiro atoms. The number of H-pyrrole nitrogens is 1. The van der Waals surface area contributed by atoms with Gasteiger partial charge in [-0.3, -0.25) is 9.89 Å². The number of rotatable bonds is 3. The second-order valence-corrected chi connectivity index (χ2v) is 6.22. The Morgan fingerprint density at radius 2 is 2.19 bits per heavy atom. The van der Waals surface area contributed by atoms with E-state index in [4.69, 9.17) is 4.74 Å². The standard InChI is InChI=1S/C15H24N4O2/c1-5-19(11-7-18(4)8-11)15(20)14-12-6-9(2)21-10(3)13(12)16-17-14/h9-11H,5-8H2,1-4H3,(H,16,17)/t9-,10+/m0/s1. The zero-order valence-corrected chi connectivity index (χ0v) is 13.2. The lowest BCUT2D eigenvalue weighted by atomic mass is 9.98. The molecule has 1 amide bonds. The first-order valence-corrected chi connectivity index (χ1v) is 7.73. The first-order chi connectivity index (χ1) is 10.0. The molecule has 2 atom stereocenters. The van der Waals surface area contributed by atoms with E-state index in [0.717, 1.165) is 37.3 Å². The molecule has 3 heterocycles. The Hall–Kier alpha value is -1.40. The molecule has 2 aliphatic rings. The van der Waals surface area contributed by atoms with Gasteiger partial charge >= 0.3 is 0 Å². The van der Waals surface area contributed by atoms with Gasteiger partial charge in [0.25, 0.3) is 5.91 Å². The van der Waals surface area contributed by atoms with Crippen molar-refractivity contribution < 1.29 is 9.53 Å². The number of fused-ring (bicyclic) bond motifs is 1. The molecule has 6 heteroatoms. The maximum atomic E-state index is 12.8. The molecule has 0 bridgehead atoms. The SMILES string of the molecule is CCN(C(=O)c1n[nH]c2c1C[C@H](C)O[C@@H]2C)C1CN(C)C1. The minimum Gasteiger partial charge on any atom is -0.369 e. The van der Waals surface area contributed by atoms with Gasteiger partial charge < -0.3 is 14.5 Å². The number of likely N-dealkylation sites (N-methyl/N-ethyl adjacent to an activating group) is 2.